The molecule has 0 aromatic rings. The number of rotatable bonds is 1. The first-order chi connectivity index (χ1) is 11.4. The van der Waals surface area contributed by atoms with Gasteiger partial charge in [-0.3, -0.25) is 0 Å². The van der Waals surface area contributed by atoms with E-state index in [9.17, 15) is 9.90 Å². The van der Waals surface area contributed by atoms with Crippen molar-refractivity contribution in [1.82, 2.24) is 0 Å². The molecule has 0 aromatic carbocycles. The van der Waals surface area contributed by atoms with E-state index in [0.717, 1.165) is 18.3 Å². The number of carboxylic acids is 1. The molecular weight excluding hydrogens is 296 g/mol. The third-order valence-corrected chi connectivity index (χ3v) is 8.58. The van der Waals surface area contributed by atoms with Crippen LogP contribution in [-0.2, 0) is 4.79 Å². The zero-order valence-electron chi connectivity index (χ0n) is 15.5. The molecule has 0 aliphatic heterocycles. The van der Waals surface area contributed by atoms with E-state index in [2.05, 4.69) is 19.9 Å². The van der Waals surface area contributed by atoms with Crippen LogP contribution in [0.1, 0.15) is 78.6 Å². The lowest BCUT2D eigenvalue weighted by Gasteiger charge is -2.57. The van der Waals surface area contributed by atoms with Crippen molar-refractivity contribution in [3.63, 3.8) is 0 Å². The van der Waals surface area contributed by atoms with Gasteiger partial charge in [0.2, 0.25) is 0 Å². The van der Waals surface area contributed by atoms with Crippen molar-refractivity contribution in [2.45, 2.75) is 78.6 Å². The van der Waals surface area contributed by atoms with E-state index in [1.54, 1.807) is 5.57 Å². The molecule has 0 spiro atoms. The largest absolute Gasteiger partial charge is 0.478 e. The molecule has 2 nitrogen and oxygen atoms in total. The van der Waals surface area contributed by atoms with Crippen LogP contribution in [0, 0.1) is 28.6 Å². The van der Waals surface area contributed by atoms with Gasteiger partial charge in [0.25, 0.3) is 0 Å². The second-order valence-electron chi connectivity index (χ2n) is 9.36. The molecule has 24 heavy (non-hydrogen) atoms. The number of allylic oxidation sites excluding steroid dienone is 3. The number of fused-ring (bicyclic) bond motifs is 5. The van der Waals surface area contributed by atoms with Gasteiger partial charge in [-0.15, -0.1) is 0 Å². The Morgan fingerprint density at radius 3 is 2.58 bits per heavy atom. The summed E-state index contributed by atoms with van der Waals surface area (Å²) < 4.78 is 0. The van der Waals surface area contributed by atoms with E-state index in [-0.39, 0.29) is 5.41 Å². The van der Waals surface area contributed by atoms with Gasteiger partial charge in [-0.05, 0) is 93.3 Å². The molecule has 4 aliphatic carbocycles. The highest BCUT2D eigenvalue weighted by molar-refractivity contribution is 5.87. The lowest BCUT2D eigenvalue weighted by atomic mass is 9.47. The molecule has 132 valence electrons. The molecule has 5 atom stereocenters. The normalized spacial score (nSPS) is 46.5. The molecule has 1 N–H and O–H groups in total. The quantitative estimate of drug-likeness (QED) is 0.492. The van der Waals surface area contributed by atoms with Crippen LogP contribution in [0.2, 0.25) is 0 Å². The SMILES string of the molecule is CC(C(=O)O)=C1CC[C@H]2[C@@H]3CCC4=CCCC[C@]4(C)[C@H]3CC[C@]12C. The summed E-state index contributed by atoms with van der Waals surface area (Å²) in [4.78, 5) is 11.6. The first kappa shape index (κ1) is 16.4. The van der Waals surface area contributed by atoms with Crippen molar-refractivity contribution < 1.29 is 9.90 Å². The van der Waals surface area contributed by atoms with E-state index in [4.69, 9.17) is 0 Å². The van der Waals surface area contributed by atoms with Gasteiger partial charge < -0.3 is 5.11 Å². The Bertz CT molecular complexity index is 628. The first-order valence-electron chi connectivity index (χ1n) is 10.0. The third-order valence-electron chi connectivity index (χ3n) is 8.58. The predicted molar refractivity (Wildman–Crippen MR) is 96.7 cm³/mol. The zero-order chi connectivity index (χ0) is 17.1. The zero-order valence-corrected chi connectivity index (χ0v) is 15.5. The summed E-state index contributed by atoms with van der Waals surface area (Å²) in [5, 5.41) is 9.51. The monoisotopic (exact) mass is 328 g/mol. The van der Waals surface area contributed by atoms with Crippen LogP contribution in [-0.4, -0.2) is 11.1 Å². The van der Waals surface area contributed by atoms with Gasteiger partial charge in [0.05, 0.1) is 0 Å². The van der Waals surface area contributed by atoms with Crippen molar-refractivity contribution in [2.24, 2.45) is 28.6 Å². The summed E-state index contributed by atoms with van der Waals surface area (Å²) in [6, 6.07) is 0. The second-order valence-corrected chi connectivity index (χ2v) is 9.36. The van der Waals surface area contributed by atoms with Crippen molar-refractivity contribution in [2.75, 3.05) is 0 Å². The summed E-state index contributed by atoms with van der Waals surface area (Å²) in [5.74, 6) is 1.64. The molecule has 4 aliphatic rings. The summed E-state index contributed by atoms with van der Waals surface area (Å²) >= 11 is 0. The number of aliphatic carboxylic acids is 1. The maximum atomic E-state index is 11.6. The first-order valence-corrected chi connectivity index (χ1v) is 10.0. The lowest BCUT2D eigenvalue weighted by molar-refractivity contribution is -0.132. The van der Waals surface area contributed by atoms with Crippen LogP contribution in [0.5, 0.6) is 0 Å². The smallest absolute Gasteiger partial charge is 0.331 e. The Labute approximate surface area is 146 Å². The van der Waals surface area contributed by atoms with Crippen molar-refractivity contribution in [3.05, 3.63) is 22.8 Å². The molecule has 4 rings (SSSR count). The second kappa shape index (κ2) is 5.47. The van der Waals surface area contributed by atoms with E-state index >= 15 is 0 Å². The Morgan fingerprint density at radius 2 is 1.83 bits per heavy atom. The van der Waals surface area contributed by atoms with Crippen molar-refractivity contribution >= 4 is 5.97 Å². The average Bonchev–Trinajstić information content (AvgIpc) is 2.90. The molecule has 0 amide bonds. The van der Waals surface area contributed by atoms with E-state index in [1.165, 1.54) is 56.9 Å². The average molecular weight is 328 g/mol. The third kappa shape index (κ3) is 2.10. The van der Waals surface area contributed by atoms with Gasteiger partial charge in [0.15, 0.2) is 0 Å². The Hall–Kier alpha value is -1.05. The molecule has 3 fully saturated rings. The highest BCUT2D eigenvalue weighted by Crippen LogP contribution is 2.66. The minimum atomic E-state index is -0.706. The maximum Gasteiger partial charge on any atom is 0.331 e. The van der Waals surface area contributed by atoms with E-state index in [0.29, 0.717) is 16.9 Å². The summed E-state index contributed by atoms with van der Waals surface area (Å²) in [6.07, 6.45) is 13.9. The van der Waals surface area contributed by atoms with Gasteiger partial charge in [-0.25, -0.2) is 4.79 Å². The number of hydrogen-bond donors (Lipinski definition) is 1. The highest BCUT2D eigenvalue weighted by Gasteiger charge is 2.57. The fraction of sp³-hybridized carbons (Fsp3) is 0.773. The summed E-state index contributed by atoms with van der Waals surface area (Å²) in [5.41, 5.74) is 4.26. The fourth-order valence-corrected chi connectivity index (χ4v) is 7.31. The van der Waals surface area contributed by atoms with E-state index < -0.39 is 5.97 Å². The molecule has 0 bridgehead atoms. The van der Waals surface area contributed by atoms with Crippen LogP contribution >= 0.6 is 0 Å². The predicted octanol–water partition coefficient (Wildman–Crippen LogP) is 5.74. The molecular formula is C22H32O2. The molecule has 2 heteroatoms. The van der Waals surface area contributed by atoms with Crippen LogP contribution in [0.25, 0.3) is 0 Å². The Morgan fingerprint density at radius 1 is 1.08 bits per heavy atom. The molecule has 0 saturated heterocycles. The van der Waals surface area contributed by atoms with Crippen LogP contribution in [0.3, 0.4) is 0 Å². The number of hydrogen-bond acceptors (Lipinski definition) is 1. The van der Waals surface area contributed by atoms with Crippen LogP contribution in [0.15, 0.2) is 22.8 Å². The van der Waals surface area contributed by atoms with Gasteiger partial charge in [-0.2, -0.15) is 0 Å². The fourth-order valence-electron chi connectivity index (χ4n) is 7.31. The van der Waals surface area contributed by atoms with Crippen LogP contribution < -0.4 is 0 Å². The number of carboxylic acid groups (broad SMARTS) is 1. The standard InChI is InChI=1S/C22H32O2/c1-14(20(23)24)17-9-10-18-16-8-7-15-6-4-5-12-21(15,2)19(16)11-13-22(17,18)3/h6,16,18-19H,4-5,7-13H2,1-3H3,(H,23,24)/t16-,18-,19-,21-,22+/m0/s1. The number of carbonyl (C=O) groups is 1. The van der Waals surface area contributed by atoms with Gasteiger partial charge in [0, 0.05) is 5.57 Å². The Kier molecular flexibility index (Phi) is 3.75. The molecule has 0 unspecified atom stereocenters. The molecule has 0 radical (unpaired) electrons. The van der Waals surface area contributed by atoms with E-state index in [1.807, 2.05) is 6.92 Å². The minimum Gasteiger partial charge on any atom is -0.478 e. The summed E-state index contributed by atoms with van der Waals surface area (Å²) in [7, 11) is 0. The minimum absolute atomic E-state index is 0.149. The lowest BCUT2D eigenvalue weighted by Crippen LogP contribution is -2.49. The van der Waals surface area contributed by atoms with Gasteiger partial charge >= 0.3 is 5.97 Å². The molecule has 3 saturated carbocycles. The van der Waals surface area contributed by atoms with Crippen molar-refractivity contribution in [3.8, 4) is 0 Å². The molecule has 0 heterocycles. The Balaban J connectivity index is 1.69. The van der Waals surface area contributed by atoms with Crippen LogP contribution in [0.4, 0.5) is 0 Å². The maximum absolute atomic E-state index is 11.6. The van der Waals surface area contributed by atoms with Gasteiger partial charge in [-0.1, -0.05) is 31.1 Å². The van der Waals surface area contributed by atoms with Gasteiger partial charge in [0.1, 0.15) is 0 Å². The summed E-state index contributed by atoms with van der Waals surface area (Å²) in [6.45, 7) is 6.77. The van der Waals surface area contributed by atoms with Crippen molar-refractivity contribution in [1.29, 1.82) is 0 Å². The topological polar surface area (TPSA) is 37.3 Å². The molecule has 0 aromatic heterocycles. The highest BCUT2D eigenvalue weighted by atomic mass is 16.4.